The smallest absolute Gasteiger partial charge is 0.243 e. The number of carbonyl (C=O) groups is 2. The molecule has 1 rings (SSSR count). The Balaban J connectivity index is 2.99. The molecule has 1 unspecified atom stereocenters. The molecule has 0 saturated carbocycles. The standard InChI is InChI=1S/C17H23Cl6N3O2S/c1-9(16(18,19)20)7-12(14(28)25-11(3)15-24-5-6-29-15)26(4)13(27)8-10(2)17(21,22)23/h5-6,9-12H,7-8H2,1-4H3,(H,25,28)/t9-,10?,11-,12-/m1/s1. The molecule has 5 nitrogen and oxygen atoms in total. The molecule has 2 amide bonds. The van der Waals surface area contributed by atoms with E-state index in [2.05, 4.69) is 10.3 Å². The van der Waals surface area contributed by atoms with Crippen LogP contribution in [-0.2, 0) is 9.59 Å². The Morgan fingerprint density at radius 1 is 1.10 bits per heavy atom. The van der Waals surface area contributed by atoms with Crippen LogP contribution < -0.4 is 5.32 Å². The van der Waals surface area contributed by atoms with Crippen molar-refractivity contribution >= 4 is 92.8 Å². The monoisotopic (exact) mass is 543 g/mol. The van der Waals surface area contributed by atoms with E-state index in [1.807, 2.05) is 5.38 Å². The van der Waals surface area contributed by atoms with E-state index in [0.717, 1.165) is 5.01 Å². The molecule has 12 heteroatoms. The largest absolute Gasteiger partial charge is 0.345 e. The summed E-state index contributed by atoms with van der Waals surface area (Å²) in [5, 5.41) is 5.42. The number of carbonyl (C=O) groups excluding carboxylic acids is 2. The van der Waals surface area contributed by atoms with E-state index >= 15 is 0 Å². The second-order valence-corrected chi connectivity index (χ2v) is 12.6. The van der Waals surface area contributed by atoms with Crippen LogP contribution in [0.1, 0.15) is 44.7 Å². The van der Waals surface area contributed by atoms with Crippen LogP contribution in [0.25, 0.3) is 0 Å². The van der Waals surface area contributed by atoms with Crippen LogP contribution in [0.5, 0.6) is 0 Å². The van der Waals surface area contributed by atoms with Gasteiger partial charge in [0.25, 0.3) is 0 Å². The lowest BCUT2D eigenvalue weighted by Crippen LogP contribution is -2.50. The van der Waals surface area contributed by atoms with Crippen molar-refractivity contribution in [3.05, 3.63) is 16.6 Å². The van der Waals surface area contributed by atoms with Crippen molar-refractivity contribution in [2.45, 2.75) is 53.3 Å². The van der Waals surface area contributed by atoms with Gasteiger partial charge in [-0.15, -0.1) is 11.3 Å². The van der Waals surface area contributed by atoms with Crippen LogP contribution in [0.2, 0.25) is 0 Å². The van der Waals surface area contributed by atoms with Gasteiger partial charge in [0.2, 0.25) is 11.8 Å². The Morgan fingerprint density at radius 3 is 2.10 bits per heavy atom. The van der Waals surface area contributed by atoms with E-state index in [-0.39, 0.29) is 30.7 Å². The van der Waals surface area contributed by atoms with Gasteiger partial charge in [-0.2, -0.15) is 0 Å². The van der Waals surface area contributed by atoms with Crippen LogP contribution in [0.15, 0.2) is 11.6 Å². The highest BCUT2D eigenvalue weighted by Gasteiger charge is 2.38. The number of hydrogen-bond donors (Lipinski definition) is 1. The predicted molar refractivity (Wildman–Crippen MR) is 123 cm³/mol. The molecule has 0 aromatic carbocycles. The summed E-state index contributed by atoms with van der Waals surface area (Å²) < 4.78 is -3.19. The van der Waals surface area contributed by atoms with Crippen molar-refractivity contribution in [3.63, 3.8) is 0 Å². The number of aromatic nitrogens is 1. The first-order valence-corrected chi connectivity index (χ1v) is 11.9. The van der Waals surface area contributed by atoms with Crippen molar-refractivity contribution in [1.29, 1.82) is 0 Å². The molecule has 0 aliphatic heterocycles. The maximum Gasteiger partial charge on any atom is 0.243 e. The van der Waals surface area contributed by atoms with Crippen LogP contribution in [0.3, 0.4) is 0 Å². The number of likely N-dealkylation sites (N-methyl/N-ethyl adjacent to an activating group) is 1. The number of alkyl halides is 6. The predicted octanol–water partition coefficient (Wildman–Crippen LogP) is 5.94. The van der Waals surface area contributed by atoms with Gasteiger partial charge in [-0.05, 0) is 13.3 Å². The fourth-order valence-electron chi connectivity index (χ4n) is 2.42. The van der Waals surface area contributed by atoms with E-state index in [1.165, 1.54) is 23.3 Å². The molecule has 1 aromatic heterocycles. The number of nitrogens with one attached hydrogen (secondary N) is 1. The third-order valence-electron chi connectivity index (χ3n) is 4.52. The van der Waals surface area contributed by atoms with Gasteiger partial charge in [0.15, 0.2) is 7.59 Å². The molecule has 1 aromatic rings. The first-order chi connectivity index (χ1) is 13.1. The first-order valence-electron chi connectivity index (χ1n) is 8.73. The summed E-state index contributed by atoms with van der Waals surface area (Å²) >= 11 is 37.0. The van der Waals surface area contributed by atoms with Crippen molar-refractivity contribution in [1.82, 2.24) is 15.2 Å². The fraction of sp³-hybridized carbons (Fsp3) is 0.706. The topological polar surface area (TPSA) is 62.3 Å². The maximum absolute atomic E-state index is 13.0. The van der Waals surface area contributed by atoms with E-state index in [4.69, 9.17) is 69.6 Å². The lowest BCUT2D eigenvalue weighted by molar-refractivity contribution is -0.140. The molecule has 0 radical (unpaired) electrons. The van der Waals surface area contributed by atoms with Gasteiger partial charge < -0.3 is 10.2 Å². The number of rotatable bonds is 8. The molecule has 0 aliphatic carbocycles. The average molecular weight is 546 g/mol. The summed E-state index contributed by atoms with van der Waals surface area (Å²) in [6.45, 7) is 5.14. The SMILES string of the molecule is CC(CC(=O)N(C)[C@H](C[C@@H](C)C(Cl)(Cl)Cl)C(=O)N[C@H](C)c1nccs1)C(Cl)(Cl)Cl. The highest BCUT2D eigenvalue weighted by Crippen LogP contribution is 2.39. The zero-order valence-corrected chi connectivity index (χ0v) is 21.6. The van der Waals surface area contributed by atoms with E-state index < -0.39 is 25.5 Å². The summed E-state index contributed by atoms with van der Waals surface area (Å²) in [4.78, 5) is 31.3. The summed E-state index contributed by atoms with van der Waals surface area (Å²) in [6, 6.07) is -1.21. The maximum atomic E-state index is 13.0. The van der Waals surface area contributed by atoms with Gasteiger partial charge in [-0.25, -0.2) is 4.98 Å². The summed E-state index contributed by atoms with van der Waals surface area (Å²) in [7, 11) is 1.51. The number of halogens is 6. The number of hydrogen-bond acceptors (Lipinski definition) is 4. The molecule has 0 spiro atoms. The molecule has 1 heterocycles. The normalized spacial score (nSPS) is 16.6. The van der Waals surface area contributed by atoms with Crippen LogP contribution in [0, 0.1) is 11.8 Å². The zero-order chi connectivity index (χ0) is 22.6. The molecular weight excluding hydrogens is 523 g/mol. The van der Waals surface area contributed by atoms with Crippen LogP contribution >= 0.6 is 80.9 Å². The molecular formula is C17H23Cl6N3O2S. The van der Waals surface area contributed by atoms with E-state index in [1.54, 1.807) is 27.0 Å². The molecule has 4 atom stereocenters. The third kappa shape index (κ3) is 8.76. The second kappa shape index (κ2) is 11.3. The van der Waals surface area contributed by atoms with Gasteiger partial charge in [-0.1, -0.05) is 83.5 Å². The summed E-state index contributed by atoms with van der Waals surface area (Å²) in [5.41, 5.74) is 0. The lowest BCUT2D eigenvalue weighted by atomic mass is 9.99. The molecule has 0 saturated heterocycles. The van der Waals surface area contributed by atoms with Gasteiger partial charge in [0, 0.05) is 36.9 Å². The Hall–Kier alpha value is 0.310. The van der Waals surface area contributed by atoms with Crippen LogP contribution in [0.4, 0.5) is 0 Å². The Bertz CT molecular complexity index is 678. The fourth-order valence-corrected chi connectivity index (χ4v) is 3.57. The molecule has 0 aliphatic rings. The molecule has 166 valence electrons. The van der Waals surface area contributed by atoms with Crippen molar-refractivity contribution in [2.24, 2.45) is 11.8 Å². The Morgan fingerprint density at radius 2 is 1.66 bits per heavy atom. The van der Waals surface area contributed by atoms with Gasteiger partial charge in [-0.3, -0.25) is 9.59 Å². The summed E-state index contributed by atoms with van der Waals surface area (Å²) in [5.74, 6) is -1.79. The highest BCUT2D eigenvalue weighted by molar-refractivity contribution is 7.09. The quantitative estimate of drug-likeness (QED) is 0.411. The van der Waals surface area contributed by atoms with Crippen molar-refractivity contribution in [3.8, 4) is 0 Å². The van der Waals surface area contributed by atoms with Gasteiger partial charge in [0.1, 0.15) is 11.0 Å². The summed E-state index contributed by atoms with van der Waals surface area (Å²) in [6.07, 6.45) is 1.73. The highest BCUT2D eigenvalue weighted by atomic mass is 35.6. The molecule has 0 fully saturated rings. The van der Waals surface area contributed by atoms with Crippen molar-refractivity contribution in [2.75, 3.05) is 7.05 Å². The molecule has 29 heavy (non-hydrogen) atoms. The Kier molecular flexibility index (Phi) is 10.6. The van der Waals surface area contributed by atoms with E-state index in [0.29, 0.717) is 0 Å². The minimum Gasteiger partial charge on any atom is -0.345 e. The third-order valence-corrected chi connectivity index (χ3v) is 7.71. The molecule has 1 N–H and O–H groups in total. The van der Waals surface area contributed by atoms with E-state index in [9.17, 15) is 9.59 Å². The zero-order valence-electron chi connectivity index (χ0n) is 16.3. The lowest BCUT2D eigenvalue weighted by Gasteiger charge is -2.33. The van der Waals surface area contributed by atoms with Crippen LogP contribution in [-0.4, -0.2) is 42.4 Å². The minimum absolute atomic E-state index is 0.0546. The number of nitrogens with zero attached hydrogens (tertiary/aromatic N) is 2. The number of thiazole rings is 1. The first kappa shape index (κ1) is 27.3. The Labute approximate surface area is 205 Å². The molecule has 0 bridgehead atoms. The van der Waals surface area contributed by atoms with Gasteiger partial charge >= 0.3 is 0 Å². The van der Waals surface area contributed by atoms with Crippen molar-refractivity contribution < 1.29 is 9.59 Å². The number of amides is 2. The van der Waals surface area contributed by atoms with Gasteiger partial charge in [0.05, 0.1) is 6.04 Å². The second-order valence-electron chi connectivity index (χ2n) is 6.95. The average Bonchev–Trinajstić information content (AvgIpc) is 3.11. The minimum atomic E-state index is -1.60.